The molecule has 21 heteroatoms. The first-order chi connectivity index (χ1) is 33.3. The van der Waals surface area contributed by atoms with Crippen molar-refractivity contribution in [2.45, 2.75) is 147 Å². The van der Waals surface area contributed by atoms with E-state index in [9.17, 15) is 58.8 Å². The minimum Gasteiger partial charge on any atom is -0.507 e. The summed E-state index contributed by atoms with van der Waals surface area (Å²) in [5.41, 5.74) is 6.58. The molecule has 2 aromatic carbocycles. The van der Waals surface area contributed by atoms with Gasteiger partial charge < -0.3 is 67.9 Å². The number of likely N-dealkylation sites (N-methyl/N-ethyl adjacent to an activating group) is 3. The van der Waals surface area contributed by atoms with E-state index >= 15 is 0 Å². The fraction of sp³-hybridized carbons (Fsp3) is 0.592. The van der Waals surface area contributed by atoms with Gasteiger partial charge in [0.1, 0.15) is 41.8 Å². The van der Waals surface area contributed by atoms with Crippen molar-refractivity contribution in [1.82, 2.24) is 41.7 Å². The minimum absolute atomic E-state index is 0.0301. The molecule has 6 atom stereocenters. The highest BCUT2D eigenvalue weighted by atomic mass is 16.3. The average molecular weight is 982 g/mol. The number of nitrogens with zero attached hydrogens (tertiary/aromatic N) is 2. The minimum atomic E-state index is -1.73. The molecule has 3 rings (SSSR count). The molecule has 4 bridgehead atoms. The second-order valence-electron chi connectivity index (χ2n) is 17.8. The summed E-state index contributed by atoms with van der Waals surface area (Å²) in [6.45, 7) is 1.54. The Labute approximate surface area is 410 Å². The third kappa shape index (κ3) is 17.9. The Morgan fingerprint density at radius 3 is 1.91 bits per heavy atom. The zero-order valence-corrected chi connectivity index (χ0v) is 41.2. The fourth-order valence-corrected chi connectivity index (χ4v) is 7.98. The average Bonchev–Trinajstić information content (AvgIpc) is 3.33. The number of carbonyl (C=O) groups excluding carboxylic acids is 8. The molecular formula is C49H75N9O12. The van der Waals surface area contributed by atoms with Gasteiger partial charge in [-0.3, -0.25) is 38.4 Å². The summed E-state index contributed by atoms with van der Waals surface area (Å²) in [5, 5.41) is 56.4. The quantitative estimate of drug-likeness (QED) is 0.0461. The van der Waals surface area contributed by atoms with Crippen LogP contribution in [0.2, 0.25) is 0 Å². The lowest BCUT2D eigenvalue weighted by atomic mass is 9.93. The van der Waals surface area contributed by atoms with Crippen LogP contribution < -0.4 is 37.6 Å². The van der Waals surface area contributed by atoms with Crippen molar-refractivity contribution in [2.24, 2.45) is 5.73 Å². The lowest BCUT2D eigenvalue weighted by Gasteiger charge is -2.30. The van der Waals surface area contributed by atoms with Gasteiger partial charge >= 0.3 is 0 Å². The second kappa shape index (κ2) is 29.7. The number of fused-ring (bicyclic) bond motifs is 5. The van der Waals surface area contributed by atoms with Gasteiger partial charge in [-0.2, -0.15) is 0 Å². The predicted molar refractivity (Wildman–Crippen MR) is 260 cm³/mol. The number of nitrogens with two attached hydrogens (primary N) is 1. The van der Waals surface area contributed by atoms with Crippen LogP contribution in [0.1, 0.15) is 121 Å². The number of benzene rings is 2. The summed E-state index contributed by atoms with van der Waals surface area (Å²) in [4.78, 5) is 108. The number of hydrogen-bond acceptors (Lipinski definition) is 13. The standard InChI is InChI=1S/C49H75N9O12/c1-6-7-8-9-10-11-12-13-14-15-16-17-18-19-40(63)57(4)36(29-59)46(67)56-43(50)49(70)53-28-41(64)58(5)42-32-21-23-38(61)34(26-32)33-24-31(20-22-37(33)60)25-35(55-44(65)30(2)54-48(42)69)45(66)52-27-39(62)47(68)51-3/h20-24,26,30,35-36,39,42-43,59-62H,6-19,25,27-29,50H2,1-5H3,(H,51,68)(H,52,66)(H,53,70)(H,54,69)(H,55,65)(H,56,67)/t30-,35-,36+,39?,42-,43-/m0/s1. The largest absolute Gasteiger partial charge is 0.507 e. The number of amides is 8. The lowest BCUT2D eigenvalue weighted by Crippen LogP contribution is -2.59. The first-order valence-electron chi connectivity index (χ1n) is 24.2. The number of hydrogen-bond donors (Lipinski definition) is 11. The highest BCUT2D eigenvalue weighted by Crippen LogP contribution is 2.38. The number of aromatic hydroxyl groups is 2. The van der Waals surface area contributed by atoms with Gasteiger partial charge in [-0.25, -0.2) is 0 Å². The number of aliphatic hydroxyl groups excluding tert-OH is 2. The lowest BCUT2D eigenvalue weighted by molar-refractivity contribution is -0.142. The predicted octanol–water partition coefficient (Wildman–Crippen LogP) is 0.851. The molecule has 8 amide bonds. The molecule has 0 saturated heterocycles. The van der Waals surface area contributed by atoms with Crippen molar-refractivity contribution in [3.05, 3.63) is 47.5 Å². The van der Waals surface area contributed by atoms with Crippen LogP contribution >= 0.6 is 0 Å². The summed E-state index contributed by atoms with van der Waals surface area (Å²) in [7, 11) is 3.91. The van der Waals surface area contributed by atoms with Crippen LogP contribution in [-0.4, -0.2) is 149 Å². The Kier molecular flexibility index (Phi) is 24.6. The third-order valence-electron chi connectivity index (χ3n) is 12.4. The Hall–Kier alpha value is -6.32. The van der Waals surface area contributed by atoms with E-state index in [1.807, 2.05) is 0 Å². The van der Waals surface area contributed by atoms with Crippen LogP contribution in [0.5, 0.6) is 11.5 Å². The summed E-state index contributed by atoms with van der Waals surface area (Å²) in [6, 6.07) is 2.63. The molecule has 70 heavy (non-hydrogen) atoms. The highest BCUT2D eigenvalue weighted by molar-refractivity contribution is 5.97. The van der Waals surface area contributed by atoms with E-state index in [1.54, 1.807) is 0 Å². The first kappa shape index (κ1) is 58.0. The van der Waals surface area contributed by atoms with Gasteiger partial charge in [0.05, 0.1) is 19.7 Å². The van der Waals surface area contributed by atoms with Gasteiger partial charge in [-0.15, -0.1) is 0 Å². The van der Waals surface area contributed by atoms with Crippen LogP contribution in [0.3, 0.4) is 0 Å². The molecule has 1 unspecified atom stereocenters. The molecule has 21 nitrogen and oxygen atoms in total. The molecule has 12 N–H and O–H groups in total. The molecular weight excluding hydrogens is 907 g/mol. The van der Waals surface area contributed by atoms with Crippen molar-refractivity contribution in [3.63, 3.8) is 0 Å². The SMILES string of the molecule is CCCCCCCCCCCCCCCC(=O)N(C)[C@H](CO)C(=O)N[C@H](N)C(=O)NCC(=O)N(C)[C@@H]1C(=O)N[C@@H](C)C(=O)N[C@H](C(=O)NCC(O)C(=O)NC)Cc2ccc(O)c(c2)-c2cc1ccc2O. The highest BCUT2D eigenvalue weighted by Gasteiger charge is 2.34. The van der Waals surface area contributed by atoms with Gasteiger partial charge in [0.2, 0.25) is 41.4 Å². The maximum atomic E-state index is 14.1. The summed E-state index contributed by atoms with van der Waals surface area (Å²) >= 11 is 0. The Morgan fingerprint density at radius 2 is 1.33 bits per heavy atom. The number of carbonyl (C=O) groups is 8. The molecule has 0 aromatic heterocycles. The fourth-order valence-electron chi connectivity index (χ4n) is 7.98. The topological polar surface area (TPSA) is 322 Å². The van der Waals surface area contributed by atoms with E-state index in [-0.39, 0.29) is 46.9 Å². The van der Waals surface area contributed by atoms with Crippen molar-refractivity contribution in [3.8, 4) is 22.6 Å². The molecule has 0 fully saturated rings. The Bertz CT molecular complexity index is 2110. The van der Waals surface area contributed by atoms with Gasteiger partial charge in [-0.05, 0) is 48.7 Å². The van der Waals surface area contributed by atoms with Crippen LogP contribution in [0, 0.1) is 0 Å². The number of aliphatic hydroxyl groups is 2. The van der Waals surface area contributed by atoms with Gasteiger partial charge in [-0.1, -0.05) is 96.1 Å². The van der Waals surface area contributed by atoms with Crippen molar-refractivity contribution in [2.75, 3.05) is 40.8 Å². The molecule has 1 aliphatic heterocycles. The van der Waals surface area contributed by atoms with Gasteiger partial charge in [0, 0.05) is 45.1 Å². The Morgan fingerprint density at radius 1 is 0.757 bits per heavy atom. The van der Waals surface area contributed by atoms with E-state index < -0.39 is 97.5 Å². The number of nitrogens with one attached hydrogen (secondary N) is 6. The van der Waals surface area contributed by atoms with Crippen molar-refractivity contribution >= 4 is 47.3 Å². The van der Waals surface area contributed by atoms with Gasteiger partial charge in [0.15, 0.2) is 6.17 Å². The van der Waals surface area contributed by atoms with Crippen molar-refractivity contribution in [1.29, 1.82) is 0 Å². The summed E-state index contributed by atoms with van der Waals surface area (Å²) in [6.07, 6.45) is 11.5. The zero-order valence-electron chi connectivity index (χ0n) is 41.2. The summed E-state index contributed by atoms with van der Waals surface area (Å²) < 4.78 is 0. The number of rotatable bonds is 26. The smallest absolute Gasteiger partial charge is 0.257 e. The van der Waals surface area contributed by atoms with Crippen LogP contribution in [-0.2, 0) is 44.8 Å². The van der Waals surface area contributed by atoms with E-state index in [2.05, 4.69) is 38.8 Å². The van der Waals surface area contributed by atoms with Crippen LogP contribution in [0.15, 0.2) is 36.4 Å². The van der Waals surface area contributed by atoms with E-state index in [1.165, 1.54) is 116 Å². The molecule has 0 radical (unpaired) electrons. The third-order valence-corrected chi connectivity index (χ3v) is 12.4. The summed E-state index contributed by atoms with van der Waals surface area (Å²) in [5.74, 6) is -7.06. The molecule has 388 valence electrons. The molecule has 0 saturated carbocycles. The normalized spacial score (nSPS) is 17.1. The van der Waals surface area contributed by atoms with Crippen LogP contribution in [0.25, 0.3) is 11.1 Å². The zero-order chi connectivity index (χ0) is 51.9. The number of unbranched alkanes of at least 4 members (excludes halogenated alkanes) is 12. The molecule has 0 aliphatic carbocycles. The van der Waals surface area contributed by atoms with Gasteiger partial charge in [0.25, 0.3) is 5.91 Å². The first-order valence-corrected chi connectivity index (χ1v) is 24.2. The molecule has 1 heterocycles. The van der Waals surface area contributed by atoms with E-state index in [0.29, 0.717) is 12.0 Å². The Balaban J connectivity index is 1.66. The second-order valence-corrected chi connectivity index (χ2v) is 17.8. The monoisotopic (exact) mass is 982 g/mol. The van der Waals surface area contributed by atoms with E-state index in [0.717, 1.165) is 35.5 Å². The van der Waals surface area contributed by atoms with Crippen LogP contribution in [0.4, 0.5) is 0 Å². The molecule has 2 aromatic rings. The van der Waals surface area contributed by atoms with Crippen molar-refractivity contribution < 1.29 is 58.8 Å². The number of phenols is 2. The maximum absolute atomic E-state index is 14.1. The molecule has 0 spiro atoms. The maximum Gasteiger partial charge on any atom is 0.257 e. The molecule has 1 aliphatic rings. The number of phenolic OH excluding ortho intramolecular Hbond substituents is 2. The van der Waals surface area contributed by atoms with E-state index in [4.69, 9.17) is 5.73 Å².